The van der Waals surface area contributed by atoms with Gasteiger partial charge in [0.05, 0.1) is 19.3 Å². The number of hydrogen-bond acceptors (Lipinski definition) is 3. The first kappa shape index (κ1) is 7.98. The normalized spacial score (nSPS) is 35.4. The second-order valence-electron chi connectivity index (χ2n) is 2.61. The highest BCUT2D eigenvalue weighted by molar-refractivity contribution is 4.62. The molecule has 1 aliphatic heterocycles. The van der Waals surface area contributed by atoms with Gasteiger partial charge in [-0.15, -0.1) is 0 Å². The van der Waals surface area contributed by atoms with Crippen LogP contribution in [0.25, 0.3) is 0 Å². The highest BCUT2D eigenvalue weighted by Crippen LogP contribution is 2.07. The smallest absolute Gasteiger partial charge is 0.104 e. The summed E-state index contributed by atoms with van der Waals surface area (Å²) in [5.41, 5.74) is 0. The van der Waals surface area contributed by atoms with E-state index in [4.69, 9.17) is 14.6 Å². The first-order valence-corrected chi connectivity index (χ1v) is 3.67. The van der Waals surface area contributed by atoms with Gasteiger partial charge in [0.15, 0.2) is 0 Å². The van der Waals surface area contributed by atoms with Crippen LogP contribution in [-0.2, 0) is 9.47 Å². The van der Waals surface area contributed by atoms with Crippen LogP contribution in [0.15, 0.2) is 0 Å². The molecule has 0 radical (unpaired) electrons. The van der Waals surface area contributed by atoms with Crippen LogP contribution in [0, 0.1) is 0 Å². The van der Waals surface area contributed by atoms with E-state index in [1.54, 1.807) is 0 Å². The fourth-order valence-electron chi connectivity index (χ4n) is 0.996. The van der Waals surface area contributed by atoms with Crippen LogP contribution in [-0.4, -0.2) is 37.1 Å². The zero-order valence-corrected chi connectivity index (χ0v) is 6.25. The largest absolute Gasteiger partial charge is 0.394 e. The first-order chi connectivity index (χ1) is 4.83. The highest BCUT2D eigenvalue weighted by atomic mass is 16.6. The number of aliphatic hydroxyl groups is 1. The SMILES string of the molecule is C[C@@H]1CCOC[C@@H](CO)O1. The van der Waals surface area contributed by atoms with E-state index in [1.807, 2.05) is 6.92 Å². The molecule has 0 bridgehead atoms. The van der Waals surface area contributed by atoms with E-state index in [9.17, 15) is 0 Å². The third-order valence-electron chi connectivity index (χ3n) is 1.60. The van der Waals surface area contributed by atoms with Crippen LogP contribution in [0.2, 0.25) is 0 Å². The Kier molecular flexibility index (Phi) is 3.12. The quantitative estimate of drug-likeness (QED) is 0.573. The number of hydrogen-bond donors (Lipinski definition) is 1. The van der Waals surface area contributed by atoms with Gasteiger partial charge in [0.2, 0.25) is 0 Å². The summed E-state index contributed by atoms with van der Waals surface area (Å²) in [6, 6.07) is 0. The van der Waals surface area contributed by atoms with Gasteiger partial charge in [0.25, 0.3) is 0 Å². The molecule has 60 valence electrons. The van der Waals surface area contributed by atoms with Gasteiger partial charge < -0.3 is 14.6 Å². The molecule has 0 aromatic rings. The zero-order chi connectivity index (χ0) is 7.40. The van der Waals surface area contributed by atoms with E-state index < -0.39 is 0 Å². The summed E-state index contributed by atoms with van der Waals surface area (Å²) in [6.07, 6.45) is 1.04. The first-order valence-electron chi connectivity index (χ1n) is 3.67. The van der Waals surface area contributed by atoms with E-state index in [2.05, 4.69) is 0 Å². The maximum atomic E-state index is 8.73. The van der Waals surface area contributed by atoms with E-state index in [0.717, 1.165) is 13.0 Å². The summed E-state index contributed by atoms with van der Waals surface area (Å²) >= 11 is 0. The van der Waals surface area contributed by atoms with Crippen LogP contribution >= 0.6 is 0 Å². The molecular weight excluding hydrogens is 132 g/mol. The molecule has 3 nitrogen and oxygen atoms in total. The topological polar surface area (TPSA) is 38.7 Å². The Morgan fingerprint density at radius 2 is 2.40 bits per heavy atom. The van der Waals surface area contributed by atoms with Gasteiger partial charge in [0, 0.05) is 6.61 Å². The average molecular weight is 146 g/mol. The Labute approximate surface area is 60.9 Å². The van der Waals surface area contributed by atoms with E-state index in [0.29, 0.717) is 6.61 Å². The number of aliphatic hydroxyl groups excluding tert-OH is 1. The average Bonchev–Trinajstić information content (AvgIpc) is 2.13. The molecule has 1 rings (SSSR count). The lowest BCUT2D eigenvalue weighted by atomic mass is 10.3. The zero-order valence-electron chi connectivity index (χ0n) is 6.25. The summed E-state index contributed by atoms with van der Waals surface area (Å²) in [5.74, 6) is 0. The van der Waals surface area contributed by atoms with Crippen molar-refractivity contribution in [2.45, 2.75) is 25.6 Å². The van der Waals surface area contributed by atoms with E-state index >= 15 is 0 Å². The van der Waals surface area contributed by atoms with Crippen LogP contribution in [0.3, 0.4) is 0 Å². The molecule has 0 aromatic heterocycles. The summed E-state index contributed by atoms with van der Waals surface area (Å²) in [6.45, 7) is 3.33. The van der Waals surface area contributed by atoms with Crippen molar-refractivity contribution >= 4 is 0 Å². The molecule has 0 spiro atoms. The summed E-state index contributed by atoms with van der Waals surface area (Å²) < 4.78 is 10.6. The molecule has 0 unspecified atom stereocenters. The molecule has 3 heteroatoms. The van der Waals surface area contributed by atoms with Crippen molar-refractivity contribution in [3.8, 4) is 0 Å². The highest BCUT2D eigenvalue weighted by Gasteiger charge is 2.16. The minimum Gasteiger partial charge on any atom is -0.394 e. The predicted octanol–water partition coefficient (Wildman–Crippen LogP) is 0.173. The third-order valence-corrected chi connectivity index (χ3v) is 1.60. The van der Waals surface area contributed by atoms with Gasteiger partial charge in [-0.3, -0.25) is 0 Å². The summed E-state index contributed by atoms with van der Waals surface area (Å²) in [7, 11) is 0. The maximum absolute atomic E-state index is 8.73. The third kappa shape index (κ3) is 2.25. The fourth-order valence-corrected chi connectivity index (χ4v) is 0.996. The molecule has 10 heavy (non-hydrogen) atoms. The molecule has 0 aromatic carbocycles. The molecular formula is C7H14O3. The minimum atomic E-state index is -0.113. The van der Waals surface area contributed by atoms with Crippen LogP contribution in [0.5, 0.6) is 0 Å². The second-order valence-corrected chi connectivity index (χ2v) is 2.61. The van der Waals surface area contributed by atoms with Crippen molar-refractivity contribution in [3.63, 3.8) is 0 Å². The minimum absolute atomic E-state index is 0.0599. The standard InChI is InChI=1S/C7H14O3/c1-6-2-3-9-5-7(4-8)10-6/h6-8H,2-5H2,1H3/t6-,7-/m1/s1. The van der Waals surface area contributed by atoms with Gasteiger partial charge in [0.1, 0.15) is 6.10 Å². The van der Waals surface area contributed by atoms with E-state index in [-0.39, 0.29) is 18.8 Å². The molecule has 1 saturated heterocycles. The van der Waals surface area contributed by atoms with Gasteiger partial charge in [-0.1, -0.05) is 0 Å². The maximum Gasteiger partial charge on any atom is 0.104 e. The molecule has 1 heterocycles. The fraction of sp³-hybridized carbons (Fsp3) is 1.00. The molecule has 1 N–H and O–H groups in total. The molecule has 0 aliphatic carbocycles. The molecule has 0 amide bonds. The van der Waals surface area contributed by atoms with Crippen molar-refractivity contribution in [2.75, 3.05) is 19.8 Å². The Morgan fingerprint density at radius 1 is 1.60 bits per heavy atom. The number of rotatable bonds is 1. The van der Waals surface area contributed by atoms with Crippen molar-refractivity contribution in [2.24, 2.45) is 0 Å². The lowest BCUT2D eigenvalue weighted by Gasteiger charge is -2.14. The summed E-state index contributed by atoms with van der Waals surface area (Å²) in [5, 5.41) is 8.73. The van der Waals surface area contributed by atoms with Crippen LogP contribution in [0.4, 0.5) is 0 Å². The van der Waals surface area contributed by atoms with Gasteiger partial charge in [-0.25, -0.2) is 0 Å². The Morgan fingerprint density at radius 3 is 3.10 bits per heavy atom. The lowest BCUT2D eigenvalue weighted by molar-refractivity contribution is -0.0389. The molecule has 1 fully saturated rings. The summed E-state index contributed by atoms with van der Waals surface area (Å²) in [4.78, 5) is 0. The number of ether oxygens (including phenoxy) is 2. The van der Waals surface area contributed by atoms with Crippen molar-refractivity contribution in [3.05, 3.63) is 0 Å². The van der Waals surface area contributed by atoms with Crippen molar-refractivity contribution < 1.29 is 14.6 Å². The monoisotopic (exact) mass is 146 g/mol. The van der Waals surface area contributed by atoms with Crippen LogP contribution in [0.1, 0.15) is 13.3 Å². The Bertz CT molecular complexity index is 94.9. The van der Waals surface area contributed by atoms with Crippen molar-refractivity contribution in [1.82, 2.24) is 0 Å². The predicted molar refractivity (Wildman–Crippen MR) is 36.9 cm³/mol. The van der Waals surface area contributed by atoms with Gasteiger partial charge in [-0.05, 0) is 13.3 Å². The van der Waals surface area contributed by atoms with E-state index in [1.165, 1.54) is 0 Å². The van der Waals surface area contributed by atoms with Crippen LogP contribution < -0.4 is 0 Å². The second kappa shape index (κ2) is 3.91. The molecule has 2 atom stereocenters. The molecule has 0 saturated carbocycles. The van der Waals surface area contributed by atoms with Crippen molar-refractivity contribution in [1.29, 1.82) is 0 Å². The Balaban J connectivity index is 2.30. The van der Waals surface area contributed by atoms with Gasteiger partial charge >= 0.3 is 0 Å². The van der Waals surface area contributed by atoms with Gasteiger partial charge in [-0.2, -0.15) is 0 Å². The molecule has 1 aliphatic rings. The lowest BCUT2D eigenvalue weighted by Crippen LogP contribution is -2.24. The Hall–Kier alpha value is -0.120.